The van der Waals surface area contributed by atoms with Gasteiger partial charge in [0.1, 0.15) is 6.10 Å². The van der Waals surface area contributed by atoms with Gasteiger partial charge < -0.3 is 9.47 Å². The van der Waals surface area contributed by atoms with E-state index in [4.69, 9.17) is 9.47 Å². The van der Waals surface area contributed by atoms with Crippen molar-refractivity contribution in [2.24, 2.45) is 0 Å². The average molecular weight is 552 g/mol. The molecule has 9 nitrogen and oxygen atoms in total. The van der Waals surface area contributed by atoms with Gasteiger partial charge in [-0.2, -0.15) is 0 Å². The highest BCUT2D eigenvalue weighted by atomic mass is 16.6. The van der Waals surface area contributed by atoms with E-state index < -0.39 is 23.0 Å². The lowest BCUT2D eigenvalue weighted by Crippen LogP contribution is -2.54. The summed E-state index contributed by atoms with van der Waals surface area (Å²) in [6, 6.07) is 26.0. The Morgan fingerprint density at radius 2 is 1.46 bits per heavy atom. The number of hydrogen-bond acceptors (Lipinski definition) is 8. The summed E-state index contributed by atoms with van der Waals surface area (Å²) in [7, 11) is 0. The molecule has 0 bridgehead atoms. The molecule has 5 rings (SSSR count). The number of nitrogens with zero attached hydrogens (tertiary/aromatic N) is 3. The normalized spacial score (nSPS) is 13.6. The van der Waals surface area contributed by atoms with E-state index in [9.17, 15) is 19.7 Å². The molecule has 1 saturated heterocycles. The van der Waals surface area contributed by atoms with Gasteiger partial charge in [-0.1, -0.05) is 72.8 Å². The molecule has 9 heteroatoms. The van der Waals surface area contributed by atoms with E-state index in [-0.39, 0.29) is 34.5 Å². The first-order valence-corrected chi connectivity index (χ1v) is 13.3. The van der Waals surface area contributed by atoms with Crippen LogP contribution in [0.15, 0.2) is 97.3 Å². The van der Waals surface area contributed by atoms with Crippen molar-refractivity contribution in [1.29, 1.82) is 0 Å². The standard InChI is InChI=1S/C32H29N3O6/c1-21(2)40-31(36)27-17-33-18-28(29(27)24-14-9-15-25(16-24)35(38)39)32(37)41-26-19-34(20-26)30(22-10-5-3-6-11-22)23-12-7-4-8-13-23/h3-18,21,26,30H,19-20H2,1-2H3. The Kier molecular flexibility index (Phi) is 8.16. The number of rotatable bonds is 9. The predicted octanol–water partition coefficient (Wildman–Crippen LogP) is 5.85. The molecule has 208 valence electrons. The predicted molar refractivity (Wildman–Crippen MR) is 152 cm³/mol. The Labute approximate surface area is 237 Å². The van der Waals surface area contributed by atoms with E-state index in [1.54, 1.807) is 19.9 Å². The first-order valence-electron chi connectivity index (χ1n) is 13.3. The SMILES string of the molecule is CC(C)OC(=O)c1cncc(C(=O)OC2CN(C(c3ccccc3)c3ccccc3)C2)c1-c1cccc([N+](=O)[O-])c1. The van der Waals surface area contributed by atoms with Crippen molar-refractivity contribution in [1.82, 2.24) is 9.88 Å². The highest BCUT2D eigenvalue weighted by Crippen LogP contribution is 2.35. The van der Waals surface area contributed by atoms with Gasteiger partial charge in [0, 0.05) is 43.2 Å². The van der Waals surface area contributed by atoms with Crippen LogP contribution in [0, 0.1) is 10.1 Å². The molecule has 3 aromatic carbocycles. The zero-order valence-electron chi connectivity index (χ0n) is 22.7. The van der Waals surface area contributed by atoms with Crippen molar-refractivity contribution in [3.8, 4) is 11.1 Å². The van der Waals surface area contributed by atoms with Gasteiger partial charge in [0.25, 0.3) is 5.69 Å². The van der Waals surface area contributed by atoms with Crippen LogP contribution in [0.1, 0.15) is 51.7 Å². The van der Waals surface area contributed by atoms with Crippen molar-refractivity contribution in [3.63, 3.8) is 0 Å². The monoisotopic (exact) mass is 551 g/mol. The average Bonchev–Trinajstić information content (AvgIpc) is 2.96. The maximum atomic E-state index is 13.5. The van der Waals surface area contributed by atoms with Crippen LogP contribution >= 0.6 is 0 Å². The third-order valence-corrected chi connectivity index (χ3v) is 6.82. The van der Waals surface area contributed by atoms with Crippen LogP contribution in [-0.2, 0) is 9.47 Å². The Hall–Kier alpha value is -4.89. The van der Waals surface area contributed by atoms with Crippen LogP contribution in [0.4, 0.5) is 5.69 Å². The zero-order valence-corrected chi connectivity index (χ0v) is 22.7. The van der Waals surface area contributed by atoms with Crippen molar-refractivity contribution in [2.75, 3.05) is 13.1 Å². The van der Waals surface area contributed by atoms with Crippen LogP contribution in [-0.4, -0.2) is 52.0 Å². The van der Waals surface area contributed by atoms with E-state index in [2.05, 4.69) is 34.1 Å². The van der Waals surface area contributed by atoms with Gasteiger partial charge >= 0.3 is 11.9 Å². The van der Waals surface area contributed by atoms with Gasteiger partial charge in [0.05, 0.1) is 28.2 Å². The lowest BCUT2D eigenvalue weighted by molar-refractivity contribution is -0.384. The zero-order chi connectivity index (χ0) is 28.9. The van der Waals surface area contributed by atoms with Crippen LogP contribution < -0.4 is 0 Å². The van der Waals surface area contributed by atoms with Crippen LogP contribution in [0.3, 0.4) is 0 Å². The lowest BCUT2D eigenvalue weighted by Gasteiger charge is -2.44. The molecule has 1 aromatic heterocycles. The topological polar surface area (TPSA) is 112 Å². The minimum Gasteiger partial charge on any atom is -0.459 e. The number of benzene rings is 3. The molecule has 0 spiro atoms. The summed E-state index contributed by atoms with van der Waals surface area (Å²) in [4.78, 5) is 43.7. The van der Waals surface area contributed by atoms with E-state index in [1.165, 1.54) is 30.6 Å². The summed E-state index contributed by atoms with van der Waals surface area (Å²) in [5.74, 6) is -1.36. The van der Waals surface area contributed by atoms with E-state index in [1.807, 2.05) is 36.4 Å². The Morgan fingerprint density at radius 1 is 0.878 bits per heavy atom. The molecule has 1 aliphatic heterocycles. The molecule has 4 aromatic rings. The van der Waals surface area contributed by atoms with E-state index >= 15 is 0 Å². The number of ether oxygens (including phenoxy) is 2. The number of carbonyl (C=O) groups excluding carboxylic acids is 2. The van der Waals surface area contributed by atoms with Crippen LogP contribution in [0.25, 0.3) is 11.1 Å². The molecule has 1 aliphatic rings. The molecule has 0 atom stereocenters. The second-order valence-corrected chi connectivity index (χ2v) is 10.1. The molecule has 0 N–H and O–H groups in total. The van der Waals surface area contributed by atoms with Gasteiger partial charge in [-0.3, -0.25) is 20.0 Å². The third-order valence-electron chi connectivity index (χ3n) is 6.82. The first-order chi connectivity index (χ1) is 19.8. The lowest BCUT2D eigenvalue weighted by atomic mass is 9.93. The molecule has 2 heterocycles. The number of non-ortho nitro benzene ring substituents is 1. The quantitative estimate of drug-likeness (QED) is 0.145. The fourth-order valence-electron chi connectivity index (χ4n) is 4.99. The van der Waals surface area contributed by atoms with Gasteiger partial charge in [0.2, 0.25) is 0 Å². The highest BCUT2D eigenvalue weighted by Gasteiger charge is 2.37. The van der Waals surface area contributed by atoms with Crippen LogP contribution in [0.5, 0.6) is 0 Å². The number of esters is 2. The maximum Gasteiger partial charge on any atom is 0.340 e. The van der Waals surface area contributed by atoms with Crippen molar-refractivity contribution >= 4 is 17.6 Å². The number of aromatic nitrogens is 1. The first kappa shape index (κ1) is 27.7. The number of carbonyl (C=O) groups is 2. The number of likely N-dealkylation sites (tertiary alicyclic amines) is 1. The minimum absolute atomic E-state index is 0.00331. The largest absolute Gasteiger partial charge is 0.459 e. The number of pyridine rings is 1. The molecular weight excluding hydrogens is 522 g/mol. The molecule has 0 saturated carbocycles. The minimum atomic E-state index is -0.688. The maximum absolute atomic E-state index is 13.5. The summed E-state index contributed by atoms with van der Waals surface area (Å²) in [6.07, 6.45) is 1.81. The van der Waals surface area contributed by atoms with E-state index in [0.29, 0.717) is 18.7 Å². The Bertz CT molecular complexity index is 1510. The van der Waals surface area contributed by atoms with Gasteiger partial charge in [0.15, 0.2) is 0 Å². The van der Waals surface area contributed by atoms with E-state index in [0.717, 1.165) is 11.1 Å². The summed E-state index contributed by atoms with van der Waals surface area (Å²) >= 11 is 0. The Balaban J connectivity index is 1.41. The second-order valence-electron chi connectivity index (χ2n) is 10.1. The summed E-state index contributed by atoms with van der Waals surface area (Å²) in [6.45, 7) is 4.43. The van der Waals surface area contributed by atoms with Crippen molar-refractivity contribution in [2.45, 2.75) is 32.1 Å². The van der Waals surface area contributed by atoms with Crippen molar-refractivity contribution < 1.29 is 24.0 Å². The number of nitro benzene ring substituents is 1. The third kappa shape index (κ3) is 6.15. The molecular formula is C32H29N3O6. The Morgan fingerprint density at radius 3 is 2.02 bits per heavy atom. The molecule has 1 fully saturated rings. The highest BCUT2D eigenvalue weighted by molar-refractivity contribution is 6.05. The summed E-state index contributed by atoms with van der Waals surface area (Å²) in [5, 5.41) is 11.5. The molecule has 0 aliphatic carbocycles. The van der Waals surface area contributed by atoms with Crippen molar-refractivity contribution in [3.05, 3.63) is 130 Å². The van der Waals surface area contributed by atoms with Gasteiger partial charge in [-0.25, -0.2) is 9.59 Å². The number of nitro groups is 1. The fourth-order valence-corrected chi connectivity index (χ4v) is 4.99. The second kappa shape index (κ2) is 12.1. The molecule has 0 radical (unpaired) electrons. The molecule has 0 amide bonds. The summed E-state index contributed by atoms with van der Waals surface area (Å²) in [5.41, 5.74) is 2.65. The van der Waals surface area contributed by atoms with Gasteiger partial charge in [-0.15, -0.1) is 0 Å². The van der Waals surface area contributed by atoms with Crippen LogP contribution in [0.2, 0.25) is 0 Å². The molecule has 41 heavy (non-hydrogen) atoms. The van der Waals surface area contributed by atoms with Gasteiger partial charge in [-0.05, 0) is 30.5 Å². The molecule has 0 unspecified atom stereocenters. The summed E-state index contributed by atoms with van der Waals surface area (Å²) < 4.78 is 11.3. The smallest absolute Gasteiger partial charge is 0.340 e. The fraction of sp³-hybridized carbons (Fsp3) is 0.219. The number of hydrogen-bond donors (Lipinski definition) is 0.